The molecule has 2 saturated heterocycles. The van der Waals surface area contributed by atoms with Crippen molar-refractivity contribution < 1.29 is 9.53 Å². The summed E-state index contributed by atoms with van der Waals surface area (Å²) in [5.74, 6) is 1.30. The second kappa shape index (κ2) is 3.63. The monoisotopic (exact) mass is 207 g/mol. The van der Waals surface area contributed by atoms with Crippen molar-refractivity contribution in [2.75, 3.05) is 13.2 Å². The minimum Gasteiger partial charge on any atom is -0.500 e. The molecule has 4 aliphatic rings. The molecule has 0 radical (unpaired) electrons. The molecule has 3 fully saturated rings. The lowest BCUT2D eigenvalue weighted by Crippen LogP contribution is -2.52. The molecule has 3 aliphatic heterocycles. The molecule has 0 aromatic carbocycles. The van der Waals surface area contributed by atoms with Gasteiger partial charge in [-0.3, -0.25) is 4.79 Å². The molecule has 3 unspecified atom stereocenters. The highest BCUT2D eigenvalue weighted by molar-refractivity contribution is 5.97. The number of ether oxygens (including phenoxy) is 1. The average molecular weight is 207 g/mol. The van der Waals surface area contributed by atoms with Gasteiger partial charge in [-0.25, -0.2) is 0 Å². The Hall–Kier alpha value is -0.830. The molecule has 0 aromatic rings. The van der Waals surface area contributed by atoms with Gasteiger partial charge in [0.1, 0.15) is 0 Å². The molecule has 2 bridgehead atoms. The van der Waals surface area contributed by atoms with E-state index in [2.05, 4.69) is 5.32 Å². The lowest BCUT2D eigenvalue weighted by molar-refractivity contribution is -0.122. The number of Topliss-reactive ketones (excluding diaryl/α,β-unsaturated/α-hetero) is 1. The summed E-state index contributed by atoms with van der Waals surface area (Å²) < 4.78 is 5.15. The van der Waals surface area contributed by atoms with E-state index in [1.165, 1.54) is 12.8 Å². The number of ketones is 1. The number of nitrogens with one attached hydrogen (secondary N) is 1. The van der Waals surface area contributed by atoms with Crippen molar-refractivity contribution in [1.29, 1.82) is 0 Å². The van der Waals surface area contributed by atoms with Gasteiger partial charge in [0.05, 0.1) is 12.9 Å². The van der Waals surface area contributed by atoms with Crippen molar-refractivity contribution in [1.82, 2.24) is 5.32 Å². The zero-order chi connectivity index (χ0) is 10.3. The van der Waals surface area contributed by atoms with Crippen LogP contribution in [0.25, 0.3) is 0 Å². The molecule has 3 heterocycles. The number of rotatable bonds is 2. The lowest BCUT2D eigenvalue weighted by Gasteiger charge is -2.42. The first-order valence-corrected chi connectivity index (χ1v) is 5.93. The number of fused-ring (bicyclic) bond motifs is 3. The first-order valence-electron chi connectivity index (χ1n) is 5.93. The van der Waals surface area contributed by atoms with Gasteiger partial charge in [-0.2, -0.15) is 0 Å². The normalized spacial score (nSPS) is 38.7. The Morgan fingerprint density at radius 2 is 2.40 bits per heavy atom. The fourth-order valence-corrected chi connectivity index (χ4v) is 3.10. The standard InChI is InChI=1S/C12H17NO2/c14-12(9-3-4-15-7-9)10-5-8-1-2-11(10)13-6-8/h7-8,10-11,13H,1-6H2. The number of hydrogen-bond acceptors (Lipinski definition) is 3. The SMILES string of the molecule is O=C(C1=COCC1)C1CC2CCC1NC2. The predicted octanol–water partition coefficient (Wildman–Crippen LogP) is 1.25. The average Bonchev–Trinajstić information content (AvgIpc) is 2.83. The molecular formula is C12H17NO2. The summed E-state index contributed by atoms with van der Waals surface area (Å²) in [7, 11) is 0. The van der Waals surface area contributed by atoms with E-state index in [0.717, 1.165) is 30.9 Å². The maximum Gasteiger partial charge on any atom is 0.166 e. The molecule has 1 N–H and O–H groups in total. The Morgan fingerprint density at radius 1 is 1.47 bits per heavy atom. The summed E-state index contributed by atoms with van der Waals surface area (Å²) >= 11 is 0. The van der Waals surface area contributed by atoms with Crippen molar-refractivity contribution in [3.63, 3.8) is 0 Å². The van der Waals surface area contributed by atoms with E-state index < -0.39 is 0 Å². The summed E-state index contributed by atoms with van der Waals surface area (Å²) in [5.41, 5.74) is 0.911. The zero-order valence-corrected chi connectivity index (χ0v) is 8.87. The molecule has 3 atom stereocenters. The molecule has 0 spiro atoms. The van der Waals surface area contributed by atoms with Gasteiger partial charge in [-0.05, 0) is 31.7 Å². The predicted molar refractivity (Wildman–Crippen MR) is 56.3 cm³/mol. The van der Waals surface area contributed by atoms with E-state index in [-0.39, 0.29) is 5.92 Å². The van der Waals surface area contributed by atoms with Gasteiger partial charge >= 0.3 is 0 Å². The van der Waals surface area contributed by atoms with Crippen LogP contribution >= 0.6 is 0 Å². The van der Waals surface area contributed by atoms with Crippen molar-refractivity contribution >= 4 is 5.78 Å². The van der Waals surface area contributed by atoms with Gasteiger partial charge in [-0.1, -0.05) is 0 Å². The van der Waals surface area contributed by atoms with Gasteiger partial charge < -0.3 is 10.1 Å². The third-order valence-electron chi connectivity index (χ3n) is 4.00. The van der Waals surface area contributed by atoms with Crippen LogP contribution in [-0.2, 0) is 9.53 Å². The van der Waals surface area contributed by atoms with E-state index in [0.29, 0.717) is 18.4 Å². The van der Waals surface area contributed by atoms with Gasteiger partial charge in [0.15, 0.2) is 5.78 Å². The van der Waals surface area contributed by atoms with E-state index >= 15 is 0 Å². The van der Waals surface area contributed by atoms with Gasteiger partial charge in [0.2, 0.25) is 0 Å². The Balaban J connectivity index is 1.74. The van der Waals surface area contributed by atoms with Crippen LogP contribution in [0.15, 0.2) is 11.8 Å². The van der Waals surface area contributed by atoms with Gasteiger partial charge in [-0.15, -0.1) is 0 Å². The largest absolute Gasteiger partial charge is 0.500 e. The lowest BCUT2D eigenvalue weighted by atomic mass is 9.71. The fraction of sp³-hybridized carbons (Fsp3) is 0.750. The summed E-state index contributed by atoms with van der Waals surface area (Å²) in [6, 6.07) is 0.434. The third-order valence-corrected chi connectivity index (χ3v) is 4.00. The molecular weight excluding hydrogens is 190 g/mol. The molecule has 3 heteroatoms. The van der Waals surface area contributed by atoms with Gasteiger partial charge in [0.25, 0.3) is 0 Å². The molecule has 1 aliphatic carbocycles. The van der Waals surface area contributed by atoms with Crippen molar-refractivity contribution in [2.45, 2.75) is 31.7 Å². The van der Waals surface area contributed by atoms with E-state index in [1.807, 2.05) is 0 Å². The highest BCUT2D eigenvalue weighted by Gasteiger charge is 2.40. The van der Waals surface area contributed by atoms with Crippen LogP contribution in [0.5, 0.6) is 0 Å². The maximum atomic E-state index is 12.2. The summed E-state index contributed by atoms with van der Waals surface area (Å²) in [4.78, 5) is 12.2. The maximum absolute atomic E-state index is 12.2. The summed E-state index contributed by atoms with van der Waals surface area (Å²) in [6.45, 7) is 1.80. The van der Waals surface area contributed by atoms with Crippen LogP contribution in [0.1, 0.15) is 25.7 Å². The first-order chi connectivity index (χ1) is 7.34. The number of carbonyl (C=O) groups excluding carboxylic acids is 1. The van der Waals surface area contributed by atoms with Crippen molar-refractivity contribution in [3.05, 3.63) is 11.8 Å². The molecule has 0 aromatic heterocycles. The number of piperidine rings is 2. The number of carbonyl (C=O) groups is 1. The topological polar surface area (TPSA) is 38.3 Å². The Kier molecular flexibility index (Phi) is 2.28. The fourth-order valence-electron chi connectivity index (χ4n) is 3.10. The number of hydrogen-bond donors (Lipinski definition) is 1. The van der Waals surface area contributed by atoms with Crippen LogP contribution < -0.4 is 5.32 Å². The van der Waals surface area contributed by atoms with E-state index in [1.54, 1.807) is 6.26 Å². The molecule has 0 amide bonds. The van der Waals surface area contributed by atoms with Crippen molar-refractivity contribution in [2.24, 2.45) is 11.8 Å². The van der Waals surface area contributed by atoms with E-state index in [9.17, 15) is 4.79 Å². The first kappa shape index (κ1) is 9.40. The smallest absolute Gasteiger partial charge is 0.166 e. The summed E-state index contributed by atoms with van der Waals surface area (Å²) in [6.07, 6.45) is 6.05. The van der Waals surface area contributed by atoms with Crippen LogP contribution in [0.4, 0.5) is 0 Å². The highest BCUT2D eigenvalue weighted by Crippen LogP contribution is 2.36. The van der Waals surface area contributed by atoms with Crippen molar-refractivity contribution in [3.8, 4) is 0 Å². The van der Waals surface area contributed by atoms with Gasteiger partial charge in [0, 0.05) is 24.0 Å². The molecule has 3 nitrogen and oxygen atoms in total. The van der Waals surface area contributed by atoms with Crippen LogP contribution in [0.3, 0.4) is 0 Å². The second-order valence-corrected chi connectivity index (χ2v) is 4.93. The van der Waals surface area contributed by atoms with Crippen LogP contribution in [-0.4, -0.2) is 25.0 Å². The second-order valence-electron chi connectivity index (χ2n) is 4.93. The Morgan fingerprint density at radius 3 is 2.93 bits per heavy atom. The zero-order valence-electron chi connectivity index (χ0n) is 8.87. The molecule has 4 rings (SSSR count). The Labute approximate surface area is 89.9 Å². The molecule has 15 heavy (non-hydrogen) atoms. The van der Waals surface area contributed by atoms with E-state index in [4.69, 9.17) is 4.74 Å². The Bertz CT molecular complexity index is 303. The van der Waals surface area contributed by atoms with Crippen LogP contribution in [0.2, 0.25) is 0 Å². The summed E-state index contributed by atoms with van der Waals surface area (Å²) in [5, 5.41) is 3.48. The van der Waals surface area contributed by atoms with Crippen LogP contribution in [0, 0.1) is 11.8 Å². The molecule has 1 saturated carbocycles. The highest BCUT2D eigenvalue weighted by atomic mass is 16.5. The minimum atomic E-state index is 0.227. The third kappa shape index (κ3) is 1.59. The minimum absolute atomic E-state index is 0.227. The quantitative estimate of drug-likeness (QED) is 0.740. The molecule has 82 valence electrons.